The number of carbonyl (C=O) groups excluding carboxylic acids is 1. The molecule has 0 radical (unpaired) electrons. The lowest BCUT2D eigenvalue weighted by molar-refractivity contribution is 0.155. The monoisotopic (exact) mass is 281 g/mol. The van der Waals surface area contributed by atoms with Crippen LogP contribution in [0.4, 0.5) is 10.5 Å². The molecule has 108 valence electrons. The van der Waals surface area contributed by atoms with Gasteiger partial charge >= 0.3 is 6.09 Å². The Hall–Kier alpha value is -2.55. The Kier molecular flexibility index (Phi) is 5.59. The van der Waals surface area contributed by atoms with Gasteiger partial charge in [0.25, 0.3) is 0 Å². The standard InChI is InChI=1S/C18H19NO2/c1-2-3-11-16-12-7-8-13-17(16)19-18(20)21-14-15-9-5-4-6-10-15/h2,4-10,12-13H,1,3,11,14H2,(H,19,20). The third-order valence-corrected chi connectivity index (χ3v) is 3.08. The zero-order valence-electron chi connectivity index (χ0n) is 11.9. The van der Waals surface area contributed by atoms with Crippen LogP contribution in [0.3, 0.4) is 0 Å². The molecular weight excluding hydrogens is 262 g/mol. The molecule has 0 aliphatic rings. The molecule has 1 N–H and O–H groups in total. The smallest absolute Gasteiger partial charge is 0.411 e. The van der Waals surface area contributed by atoms with Gasteiger partial charge in [-0.15, -0.1) is 6.58 Å². The van der Waals surface area contributed by atoms with Crippen LogP contribution in [0.2, 0.25) is 0 Å². The summed E-state index contributed by atoms with van der Waals surface area (Å²) >= 11 is 0. The summed E-state index contributed by atoms with van der Waals surface area (Å²) in [5, 5.41) is 2.79. The van der Waals surface area contributed by atoms with E-state index in [1.807, 2.05) is 60.7 Å². The number of rotatable bonds is 6. The van der Waals surface area contributed by atoms with Crippen molar-refractivity contribution in [1.82, 2.24) is 0 Å². The number of hydrogen-bond acceptors (Lipinski definition) is 2. The molecule has 0 atom stereocenters. The van der Waals surface area contributed by atoms with Gasteiger partial charge in [0, 0.05) is 5.69 Å². The van der Waals surface area contributed by atoms with E-state index in [0.29, 0.717) is 0 Å². The van der Waals surface area contributed by atoms with Crippen LogP contribution in [0.5, 0.6) is 0 Å². The molecule has 0 bridgehead atoms. The van der Waals surface area contributed by atoms with Gasteiger partial charge < -0.3 is 4.74 Å². The van der Waals surface area contributed by atoms with E-state index in [2.05, 4.69) is 11.9 Å². The zero-order valence-corrected chi connectivity index (χ0v) is 11.9. The zero-order chi connectivity index (χ0) is 14.9. The van der Waals surface area contributed by atoms with Crippen LogP contribution in [-0.2, 0) is 17.8 Å². The van der Waals surface area contributed by atoms with Crippen LogP contribution in [0.25, 0.3) is 0 Å². The van der Waals surface area contributed by atoms with Crippen LogP contribution in [-0.4, -0.2) is 6.09 Å². The fourth-order valence-electron chi connectivity index (χ4n) is 1.99. The molecule has 0 unspecified atom stereocenters. The van der Waals surface area contributed by atoms with Crippen LogP contribution >= 0.6 is 0 Å². The predicted octanol–water partition coefficient (Wildman–Crippen LogP) is 4.55. The lowest BCUT2D eigenvalue weighted by Crippen LogP contribution is -2.14. The van der Waals surface area contributed by atoms with E-state index in [1.165, 1.54) is 0 Å². The lowest BCUT2D eigenvalue weighted by Gasteiger charge is -2.11. The van der Waals surface area contributed by atoms with Crippen LogP contribution in [0.15, 0.2) is 67.3 Å². The maximum Gasteiger partial charge on any atom is 0.411 e. The van der Waals surface area contributed by atoms with Gasteiger partial charge in [0.1, 0.15) is 6.61 Å². The van der Waals surface area contributed by atoms with E-state index < -0.39 is 6.09 Å². The minimum atomic E-state index is -0.440. The highest BCUT2D eigenvalue weighted by molar-refractivity contribution is 5.85. The molecule has 2 aromatic rings. The number of benzene rings is 2. The second-order valence-electron chi connectivity index (χ2n) is 4.67. The third kappa shape index (κ3) is 4.80. The second-order valence-corrected chi connectivity index (χ2v) is 4.67. The first-order chi connectivity index (χ1) is 10.3. The van der Waals surface area contributed by atoms with Crippen LogP contribution in [0.1, 0.15) is 17.5 Å². The number of amides is 1. The number of ether oxygens (including phenoxy) is 1. The molecule has 2 rings (SSSR count). The Morgan fingerprint density at radius 2 is 1.81 bits per heavy atom. The van der Waals surface area contributed by atoms with Gasteiger partial charge in [0.2, 0.25) is 0 Å². The van der Waals surface area contributed by atoms with E-state index in [0.717, 1.165) is 29.7 Å². The Labute approximate surface area is 125 Å². The Morgan fingerprint density at radius 3 is 2.57 bits per heavy atom. The van der Waals surface area contributed by atoms with Crippen LogP contribution in [0, 0.1) is 0 Å². The van der Waals surface area contributed by atoms with Crippen LogP contribution < -0.4 is 5.32 Å². The van der Waals surface area contributed by atoms with Crippen molar-refractivity contribution in [2.45, 2.75) is 19.4 Å². The molecule has 0 spiro atoms. The summed E-state index contributed by atoms with van der Waals surface area (Å²) in [7, 11) is 0. The van der Waals surface area contributed by atoms with Gasteiger partial charge in [-0.1, -0.05) is 54.6 Å². The molecule has 3 heteroatoms. The van der Waals surface area contributed by atoms with Gasteiger partial charge in [-0.3, -0.25) is 5.32 Å². The Morgan fingerprint density at radius 1 is 1.10 bits per heavy atom. The molecule has 0 saturated carbocycles. The van der Waals surface area contributed by atoms with E-state index in [4.69, 9.17) is 4.74 Å². The Balaban J connectivity index is 1.91. The third-order valence-electron chi connectivity index (χ3n) is 3.08. The minimum absolute atomic E-state index is 0.265. The molecule has 0 aromatic heterocycles. The van der Waals surface area contributed by atoms with E-state index >= 15 is 0 Å². The summed E-state index contributed by atoms with van der Waals surface area (Å²) in [6.07, 6.45) is 3.14. The highest BCUT2D eigenvalue weighted by Gasteiger charge is 2.07. The highest BCUT2D eigenvalue weighted by atomic mass is 16.5. The maximum atomic E-state index is 11.9. The summed E-state index contributed by atoms with van der Waals surface area (Å²) in [5.41, 5.74) is 2.83. The van der Waals surface area contributed by atoms with Crippen molar-refractivity contribution in [3.8, 4) is 0 Å². The van der Waals surface area contributed by atoms with Crippen molar-refractivity contribution < 1.29 is 9.53 Å². The van der Waals surface area contributed by atoms with Crippen molar-refractivity contribution in [2.75, 3.05) is 5.32 Å². The van der Waals surface area contributed by atoms with Gasteiger partial charge in [-0.2, -0.15) is 0 Å². The summed E-state index contributed by atoms with van der Waals surface area (Å²) in [6.45, 7) is 3.98. The van der Waals surface area contributed by atoms with Gasteiger partial charge in [-0.05, 0) is 30.0 Å². The average Bonchev–Trinajstić information content (AvgIpc) is 2.53. The highest BCUT2D eigenvalue weighted by Crippen LogP contribution is 2.17. The molecule has 1 amide bonds. The summed E-state index contributed by atoms with van der Waals surface area (Å²) in [6, 6.07) is 17.3. The largest absolute Gasteiger partial charge is 0.444 e. The molecule has 21 heavy (non-hydrogen) atoms. The quantitative estimate of drug-likeness (QED) is 0.789. The number of hydrogen-bond donors (Lipinski definition) is 1. The number of para-hydroxylation sites is 1. The molecule has 0 saturated heterocycles. The van der Waals surface area contributed by atoms with Crippen molar-refractivity contribution in [2.24, 2.45) is 0 Å². The maximum absolute atomic E-state index is 11.9. The van der Waals surface area contributed by atoms with Gasteiger partial charge in [0.05, 0.1) is 0 Å². The van der Waals surface area contributed by atoms with E-state index in [-0.39, 0.29) is 6.61 Å². The first-order valence-electron chi connectivity index (χ1n) is 6.96. The van der Waals surface area contributed by atoms with E-state index in [9.17, 15) is 4.79 Å². The number of aryl methyl sites for hydroxylation is 1. The van der Waals surface area contributed by atoms with Crippen molar-refractivity contribution >= 4 is 11.8 Å². The Bertz CT molecular complexity index is 593. The SMILES string of the molecule is C=CCCc1ccccc1NC(=O)OCc1ccccc1. The first kappa shape index (κ1) is 14.9. The van der Waals surface area contributed by atoms with Crippen molar-refractivity contribution in [1.29, 1.82) is 0 Å². The molecule has 0 heterocycles. The van der Waals surface area contributed by atoms with E-state index in [1.54, 1.807) is 0 Å². The number of anilines is 1. The van der Waals surface area contributed by atoms with Gasteiger partial charge in [-0.25, -0.2) is 4.79 Å². The minimum Gasteiger partial charge on any atom is -0.444 e. The fraction of sp³-hybridized carbons (Fsp3) is 0.167. The topological polar surface area (TPSA) is 38.3 Å². The van der Waals surface area contributed by atoms with Crippen molar-refractivity contribution in [3.05, 3.63) is 78.4 Å². The number of nitrogens with one attached hydrogen (secondary N) is 1. The first-order valence-corrected chi connectivity index (χ1v) is 6.96. The number of allylic oxidation sites excluding steroid dienone is 1. The molecule has 0 aliphatic carbocycles. The fourth-order valence-corrected chi connectivity index (χ4v) is 1.99. The van der Waals surface area contributed by atoms with Gasteiger partial charge in [0.15, 0.2) is 0 Å². The number of carbonyl (C=O) groups is 1. The molecule has 3 nitrogen and oxygen atoms in total. The molecule has 0 aliphatic heterocycles. The molecular formula is C18H19NO2. The summed E-state index contributed by atoms with van der Waals surface area (Å²) in [4.78, 5) is 11.9. The molecule has 0 fully saturated rings. The second kappa shape index (κ2) is 7.90. The summed E-state index contributed by atoms with van der Waals surface area (Å²) in [5.74, 6) is 0. The normalized spacial score (nSPS) is 9.90. The lowest BCUT2D eigenvalue weighted by atomic mass is 10.1. The van der Waals surface area contributed by atoms with Crippen molar-refractivity contribution in [3.63, 3.8) is 0 Å². The predicted molar refractivity (Wildman–Crippen MR) is 85.2 cm³/mol. The average molecular weight is 281 g/mol. The molecule has 2 aromatic carbocycles. The summed E-state index contributed by atoms with van der Waals surface area (Å²) < 4.78 is 5.22.